The van der Waals surface area contributed by atoms with Crippen molar-refractivity contribution in [3.8, 4) is 5.75 Å². The molecule has 0 spiro atoms. The van der Waals surface area contributed by atoms with Gasteiger partial charge in [0.1, 0.15) is 11.8 Å². The first-order valence-corrected chi connectivity index (χ1v) is 5.96. The van der Waals surface area contributed by atoms with E-state index in [4.69, 9.17) is 4.74 Å². The second-order valence-corrected chi connectivity index (χ2v) is 4.16. The lowest BCUT2D eigenvalue weighted by Crippen LogP contribution is -2.31. The van der Waals surface area contributed by atoms with Crippen molar-refractivity contribution in [2.75, 3.05) is 12.0 Å². The van der Waals surface area contributed by atoms with Crippen molar-refractivity contribution in [2.24, 2.45) is 0 Å². The fraction of sp³-hybridized carbons (Fsp3) is 0.385. The van der Waals surface area contributed by atoms with E-state index in [2.05, 4.69) is 5.32 Å². The van der Waals surface area contributed by atoms with Gasteiger partial charge in [0.15, 0.2) is 0 Å². The number of imide groups is 1. The van der Waals surface area contributed by atoms with Crippen LogP contribution in [0.5, 0.6) is 5.75 Å². The molecule has 0 bridgehead atoms. The minimum atomic E-state index is -0.399. The minimum Gasteiger partial charge on any atom is -0.497 e. The Kier molecular flexibility index (Phi) is 3.50. The summed E-state index contributed by atoms with van der Waals surface area (Å²) in [6.45, 7) is 1.98. The summed E-state index contributed by atoms with van der Waals surface area (Å²) in [5, 5.41) is 2.69. The molecule has 0 aliphatic carbocycles. The van der Waals surface area contributed by atoms with Crippen molar-refractivity contribution in [1.82, 2.24) is 5.32 Å². The largest absolute Gasteiger partial charge is 0.497 e. The highest BCUT2D eigenvalue weighted by Crippen LogP contribution is 2.23. The Hall–Kier alpha value is -2.04. The van der Waals surface area contributed by atoms with E-state index >= 15 is 0 Å². The molecule has 1 aromatic rings. The highest BCUT2D eigenvalue weighted by molar-refractivity contribution is 6.21. The normalized spacial score (nSPS) is 19.0. The van der Waals surface area contributed by atoms with Crippen LogP contribution in [-0.4, -0.2) is 25.1 Å². The van der Waals surface area contributed by atoms with Gasteiger partial charge in [-0.25, -0.2) is 9.69 Å². The van der Waals surface area contributed by atoms with Gasteiger partial charge in [-0.15, -0.1) is 0 Å². The van der Waals surface area contributed by atoms with Crippen molar-refractivity contribution < 1.29 is 14.3 Å². The lowest BCUT2D eigenvalue weighted by Gasteiger charge is -2.13. The molecule has 1 saturated heterocycles. The number of nitrogens with zero attached hydrogens (tertiary/aromatic N) is 1. The monoisotopic (exact) mass is 248 g/mol. The molecule has 2 rings (SSSR count). The van der Waals surface area contributed by atoms with E-state index < -0.39 is 6.04 Å². The molecular formula is C13H16N2O3. The van der Waals surface area contributed by atoms with Gasteiger partial charge in [0.25, 0.3) is 5.91 Å². The van der Waals surface area contributed by atoms with Gasteiger partial charge in [-0.05, 0) is 30.7 Å². The number of carbonyl (C=O) groups is 2. The van der Waals surface area contributed by atoms with E-state index in [0.717, 1.165) is 6.42 Å². The molecule has 1 aliphatic rings. The number of benzene rings is 1. The van der Waals surface area contributed by atoms with Crippen molar-refractivity contribution in [3.05, 3.63) is 24.3 Å². The molecule has 0 saturated carbocycles. The summed E-state index contributed by atoms with van der Waals surface area (Å²) in [7, 11) is 1.57. The topological polar surface area (TPSA) is 58.6 Å². The maximum atomic E-state index is 12.1. The number of methoxy groups -OCH3 is 1. The molecule has 1 fully saturated rings. The molecule has 18 heavy (non-hydrogen) atoms. The van der Waals surface area contributed by atoms with Crippen molar-refractivity contribution in [2.45, 2.75) is 25.8 Å². The highest BCUT2D eigenvalue weighted by Gasteiger charge is 2.38. The van der Waals surface area contributed by atoms with Crippen molar-refractivity contribution in [1.29, 1.82) is 0 Å². The summed E-state index contributed by atoms with van der Waals surface area (Å²) < 4.78 is 5.04. The number of ether oxygens (including phenoxy) is 1. The molecule has 1 atom stereocenters. The SMILES string of the molecule is CCC[C@H]1NC(=O)N(c2ccc(OC)cc2)C1=O. The Bertz CT molecular complexity index is 456. The van der Waals surface area contributed by atoms with Gasteiger partial charge in [0, 0.05) is 0 Å². The fourth-order valence-electron chi connectivity index (χ4n) is 1.99. The first-order chi connectivity index (χ1) is 8.67. The summed E-state index contributed by atoms with van der Waals surface area (Å²) in [4.78, 5) is 25.0. The second-order valence-electron chi connectivity index (χ2n) is 4.16. The first-order valence-electron chi connectivity index (χ1n) is 5.96. The zero-order valence-electron chi connectivity index (χ0n) is 10.5. The molecule has 0 aromatic heterocycles. The smallest absolute Gasteiger partial charge is 0.329 e. The molecule has 1 N–H and O–H groups in total. The van der Waals surface area contributed by atoms with Crippen LogP contribution in [0.3, 0.4) is 0 Å². The van der Waals surface area contributed by atoms with Crippen LogP contribution in [0.4, 0.5) is 10.5 Å². The summed E-state index contributed by atoms with van der Waals surface area (Å²) >= 11 is 0. The fourth-order valence-corrected chi connectivity index (χ4v) is 1.99. The number of hydrogen-bond donors (Lipinski definition) is 1. The van der Waals surface area contributed by atoms with E-state index in [-0.39, 0.29) is 11.9 Å². The van der Waals surface area contributed by atoms with Gasteiger partial charge in [0.2, 0.25) is 0 Å². The molecule has 1 aliphatic heterocycles. The molecule has 0 unspecified atom stereocenters. The van der Waals surface area contributed by atoms with Gasteiger partial charge in [-0.1, -0.05) is 13.3 Å². The third-order valence-corrected chi connectivity index (χ3v) is 2.93. The molecular weight excluding hydrogens is 232 g/mol. The number of amides is 3. The summed E-state index contributed by atoms with van der Waals surface area (Å²) in [6.07, 6.45) is 1.52. The van der Waals surface area contributed by atoms with Crippen LogP contribution >= 0.6 is 0 Å². The number of nitrogens with one attached hydrogen (secondary N) is 1. The molecule has 5 heteroatoms. The Morgan fingerprint density at radius 3 is 2.50 bits per heavy atom. The third kappa shape index (κ3) is 2.16. The Labute approximate surface area is 106 Å². The van der Waals surface area contributed by atoms with Crippen LogP contribution in [-0.2, 0) is 4.79 Å². The second kappa shape index (κ2) is 5.08. The van der Waals surface area contributed by atoms with Gasteiger partial charge in [-0.2, -0.15) is 0 Å². The predicted molar refractivity (Wildman–Crippen MR) is 67.7 cm³/mol. The van der Waals surface area contributed by atoms with E-state index in [9.17, 15) is 9.59 Å². The van der Waals surface area contributed by atoms with Gasteiger partial charge < -0.3 is 10.1 Å². The average Bonchev–Trinajstić information content (AvgIpc) is 2.65. The standard InChI is InChI=1S/C13H16N2O3/c1-3-4-11-12(16)15(13(17)14-11)9-5-7-10(18-2)8-6-9/h5-8,11H,3-4H2,1-2H3,(H,14,17)/t11-/m1/s1. The van der Waals surface area contributed by atoms with Crippen LogP contribution in [0.2, 0.25) is 0 Å². The van der Waals surface area contributed by atoms with Gasteiger partial charge >= 0.3 is 6.03 Å². The van der Waals surface area contributed by atoms with E-state index in [1.807, 2.05) is 6.92 Å². The van der Waals surface area contributed by atoms with Crippen LogP contribution in [0, 0.1) is 0 Å². The van der Waals surface area contributed by atoms with E-state index in [1.165, 1.54) is 4.90 Å². The number of rotatable bonds is 4. The maximum absolute atomic E-state index is 12.1. The Morgan fingerprint density at radius 1 is 1.28 bits per heavy atom. The molecule has 1 aromatic carbocycles. The first kappa shape index (κ1) is 12.4. The number of urea groups is 1. The molecule has 5 nitrogen and oxygen atoms in total. The summed E-state index contributed by atoms with van der Waals surface area (Å²) in [5.41, 5.74) is 0.567. The quantitative estimate of drug-likeness (QED) is 0.828. The van der Waals surface area contributed by atoms with Gasteiger partial charge in [-0.3, -0.25) is 4.79 Å². The molecule has 1 heterocycles. The van der Waals surface area contributed by atoms with E-state index in [1.54, 1.807) is 31.4 Å². The predicted octanol–water partition coefficient (Wildman–Crippen LogP) is 1.92. The lowest BCUT2D eigenvalue weighted by atomic mass is 10.1. The Morgan fingerprint density at radius 2 is 1.94 bits per heavy atom. The number of anilines is 1. The zero-order valence-corrected chi connectivity index (χ0v) is 10.5. The van der Waals surface area contributed by atoms with Crippen LogP contribution in [0.1, 0.15) is 19.8 Å². The third-order valence-electron chi connectivity index (χ3n) is 2.93. The Balaban J connectivity index is 2.21. The maximum Gasteiger partial charge on any atom is 0.329 e. The minimum absolute atomic E-state index is 0.188. The number of carbonyl (C=O) groups excluding carboxylic acids is 2. The summed E-state index contributed by atoms with van der Waals surface area (Å²) in [6, 6.07) is 6.09. The number of hydrogen-bond acceptors (Lipinski definition) is 3. The van der Waals surface area contributed by atoms with E-state index in [0.29, 0.717) is 17.9 Å². The molecule has 0 radical (unpaired) electrons. The van der Waals surface area contributed by atoms with Crippen LogP contribution < -0.4 is 15.0 Å². The summed E-state index contributed by atoms with van der Waals surface area (Å²) in [5.74, 6) is 0.503. The zero-order chi connectivity index (χ0) is 13.1. The molecule has 3 amide bonds. The van der Waals surface area contributed by atoms with Crippen LogP contribution in [0.25, 0.3) is 0 Å². The molecule has 96 valence electrons. The van der Waals surface area contributed by atoms with Crippen molar-refractivity contribution in [3.63, 3.8) is 0 Å². The average molecular weight is 248 g/mol. The lowest BCUT2D eigenvalue weighted by molar-refractivity contribution is -0.118. The van der Waals surface area contributed by atoms with Crippen LogP contribution in [0.15, 0.2) is 24.3 Å². The highest BCUT2D eigenvalue weighted by atomic mass is 16.5. The van der Waals surface area contributed by atoms with Gasteiger partial charge in [0.05, 0.1) is 12.8 Å². The van der Waals surface area contributed by atoms with Crippen molar-refractivity contribution >= 4 is 17.6 Å².